The lowest BCUT2D eigenvalue weighted by Crippen LogP contribution is -2.34. The number of pyridine rings is 1. The predicted molar refractivity (Wildman–Crippen MR) is 104 cm³/mol. The van der Waals surface area contributed by atoms with Gasteiger partial charge in [-0.05, 0) is 30.9 Å². The summed E-state index contributed by atoms with van der Waals surface area (Å²) in [5.41, 5.74) is 6.28. The molecule has 0 spiro atoms. The largest absolute Gasteiger partial charge is 0.494 e. The van der Waals surface area contributed by atoms with Gasteiger partial charge < -0.3 is 16.2 Å². The van der Waals surface area contributed by atoms with Crippen molar-refractivity contribution in [2.75, 3.05) is 5.73 Å². The molecule has 3 aromatic rings. The number of nitrogen functional groups attached to an aromatic ring is 1. The number of anilines is 1. The van der Waals surface area contributed by atoms with Gasteiger partial charge in [0.2, 0.25) is 5.88 Å². The fourth-order valence-corrected chi connectivity index (χ4v) is 3.08. The van der Waals surface area contributed by atoms with Gasteiger partial charge in [0.15, 0.2) is 5.56 Å². The van der Waals surface area contributed by atoms with Crippen LogP contribution in [0.2, 0.25) is 0 Å². The fourth-order valence-electron chi connectivity index (χ4n) is 3.08. The molecule has 1 aliphatic carbocycles. The van der Waals surface area contributed by atoms with E-state index < -0.39 is 11.5 Å². The molecule has 0 radical (unpaired) electrons. The number of nitrogens with zero attached hydrogens (tertiary/aromatic N) is 4. The van der Waals surface area contributed by atoms with Crippen LogP contribution in [0.25, 0.3) is 16.9 Å². The number of rotatable bonds is 5. The van der Waals surface area contributed by atoms with Crippen molar-refractivity contribution in [2.45, 2.75) is 39.3 Å². The zero-order chi connectivity index (χ0) is 20.0. The molecule has 0 unspecified atom stereocenters. The average Bonchev–Trinajstić information content (AvgIpc) is 3.33. The molecule has 1 aliphatic rings. The Labute approximate surface area is 160 Å². The van der Waals surface area contributed by atoms with Gasteiger partial charge in [0.1, 0.15) is 11.5 Å². The Kier molecular flexibility index (Phi) is 4.29. The molecule has 1 fully saturated rings. The molecular formula is C19H22N6O3. The minimum absolute atomic E-state index is 0.0644. The van der Waals surface area contributed by atoms with Crippen LogP contribution in [0.3, 0.4) is 0 Å². The Morgan fingerprint density at radius 1 is 1.39 bits per heavy atom. The lowest BCUT2D eigenvalue weighted by Gasteiger charge is -2.16. The summed E-state index contributed by atoms with van der Waals surface area (Å²) in [5.74, 6) is -0.362. The number of carbonyl (C=O) groups is 1. The lowest BCUT2D eigenvalue weighted by atomic mass is 10.2. The zero-order valence-electron chi connectivity index (χ0n) is 15.7. The number of nitrogens with one attached hydrogen (secondary N) is 1. The van der Waals surface area contributed by atoms with Crippen molar-refractivity contribution in [3.8, 4) is 17.1 Å². The molecule has 3 heterocycles. The Bertz CT molecular complexity index is 1110. The number of hydrogen-bond acceptors (Lipinski definition) is 6. The monoisotopic (exact) mass is 382 g/mol. The molecule has 0 saturated heterocycles. The van der Waals surface area contributed by atoms with Crippen LogP contribution >= 0.6 is 0 Å². The SMILES string of the molecule is CC(C)Cn1c(O)c(C(=O)NC2CC2)c(=O)n2nc(-c3ccc(N)nc3)cc12. The maximum Gasteiger partial charge on any atom is 0.291 e. The van der Waals surface area contributed by atoms with Crippen molar-refractivity contribution in [2.24, 2.45) is 5.92 Å². The smallest absolute Gasteiger partial charge is 0.291 e. The van der Waals surface area contributed by atoms with E-state index in [9.17, 15) is 14.7 Å². The van der Waals surface area contributed by atoms with Gasteiger partial charge in [0, 0.05) is 30.4 Å². The number of amides is 1. The van der Waals surface area contributed by atoms with Gasteiger partial charge in [0.25, 0.3) is 11.5 Å². The van der Waals surface area contributed by atoms with Gasteiger partial charge in [-0.15, -0.1) is 0 Å². The summed E-state index contributed by atoms with van der Waals surface area (Å²) in [4.78, 5) is 29.6. The van der Waals surface area contributed by atoms with Gasteiger partial charge >= 0.3 is 0 Å². The molecule has 0 atom stereocenters. The van der Waals surface area contributed by atoms with Crippen LogP contribution in [-0.2, 0) is 6.54 Å². The highest BCUT2D eigenvalue weighted by atomic mass is 16.3. The van der Waals surface area contributed by atoms with E-state index >= 15 is 0 Å². The predicted octanol–water partition coefficient (Wildman–Crippen LogP) is 1.39. The summed E-state index contributed by atoms with van der Waals surface area (Å²) in [5, 5.41) is 17.9. The van der Waals surface area contributed by atoms with Gasteiger partial charge in [-0.25, -0.2) is 4.98 Å². The molecular weight excluding hydrogens is 360 g/mol. The summed E-state index contributed by atoms with van der Waals surface area (Å²) in [6.07, 6.45) is 3.32. The Balaban J connectivity index is 1.92. The molecule has 1 amide bonds. The number of carbonyl (C=O) groups excluding carboxylic acids is 1. The Morgan fingerprint density at radius 2 is 2.14 bits per heavy atom. The third-order valence-corrected chi connectivity index (χ3v) is 4.62. The van der Waals surface area contributed by atoms with E-state index in [1.807, 2.05) is 13.8 Å². The second kappa shape index (κ2) is 6.66. The van der Waals surface area contributed by atoms with E-state index in [1.165, 1.54) is 0 Å². The van der Waals surface area contributed by atoms with E-state index in [0.717, 1.165) is 17.4 Å². The highest BCUT2D eigenvalue weighted by molar-refractivity contribution is 5.96. The van der Waals surface area contributed by atoms with E-state index in [2.05, 4.69) is 15.4 Å². The maximum atomic E-state index is 13.0. The van der Waals surface area contributed by atoms with E-state index in [1.54, 1.807) is 29.0 Å². The number of fused-ring (bicyclic) bond motifs is 1. The molecule has 0 bridgehead atoms. The second-order valence-electron chi connectivity index (χ2n) is 7.53. The van der Waals surface area contributed by atoms with Crippen molar-refractivity contribution in [1.29, 1.82) is 0 Å². The van der Waals surface area contributed by atoms with E-state index in [0.29, 0.717) is 29.3 Å². The summed E-state index contributed by atoms with van der Waals surface area (Å²) in [6, 6.07) is 5.15. The highest BCUT2D eigenvalue weighted by Crippen LogP contribution is 2.25. The highest BCUT2D eigenvalue weighted by Gasteiger charge is 2.29. The van der Waals surface area contributed by atoms with Crippen LogP contribution in [0.5, 0.6) is 5.88 Å². The Hall–Kier alpha value is -3.36. The number of hydrogen-bond donors (Lipinski definition) is 3. The zero-order valence-corrected chi connectivity index (χ0v) is 15.7. The molecule has 1 saturated carbocycles. The minimum atomic E-state index is -0.652. The van der Waals surface area contributed by atoms with Crippen LogP contribution in [0.1, 0.15) is 37.0 Å². The molecule has 3 aromatic heterocycles. The summed E-state index contributed by atoms with van der Waals surface area (Å²) >= 11 is 0. The van der Waals surface area contributed by atoms with Crippen LogP contribution in [0, 0.1) is 5.92 Å². The molecule has 4 rings (SSSR count). The van der Waals surface area contributed by atoms with Crippen molar-refractivity contribution in [3.05, 3.63) is 40.3 Å². The summed E-state index contributed by atoms with van der Waals surface area (Å²) < 4.78 is 2.71. The van der Waals surface area contributed by atoms with Crippen LogP contribution in [-0.4, -0.2) is 36.2 Å². The van der Waals surface area contributed by atoms with Crippen molar-refractivity contribution < 1.29 is 9.90 Å². The van der Waals surface area contributed by atoms with Crippen molar-refractivity contribution >= 4 is 17.4 Å². The van der Waals surface area contributed by atoms with Gasteiger partial charge in [-0.1, -0.05) is 13.8 Å². The molecule has 0 aromatic carbocycles. The quantitative estimate of drug-likeness (QED) is 0.612. The maximum absolute atomic E-state index is 13.0. The van der Waals surface area contributed by atoms with Crippen molar-refractivity contribution in [3.63, 3.8) is 0 Å². The molecule has 4 N–H and O–H groups in total. The molecule has 28 heavy (non-hydrogen) atoms. The average molecular weight is 382 g/mol. The van der Waals surface area contributed by atoms with Crippen LogP contribution in [0.15, 0.2) is 29.2 Å². The molecule has 9 nitrogen and oxygen atoms in total. The second-order valence-corrected chi connectivity index (χ2v) is 7.53. The minimum Gasteiger partial charge on any atom is -0.494 e. The van der Waals surface area contributed by atoms with Crippen molar-refractivity contribution in [1.82, 2.24) is 24.5 Å². The third kappa shape index (κ3) is 3.19. The summed E-state index contributed by atoms with van der Waals surface area (Å²) in [7, 11) is 0. The normalized spacial score (nSPS) is 14.0. The Morgan fingerprint density at radius 3 is 2.75 bits per heavy atom. The number of aromatic hydroxyl groups is 1. The number of aromatic nitrogens is 4. The van der Waals surface area contributed by atoms with Gasteiger partial charge in [0.05, 0.1) is 5.69 Å². The van der Waals surface area contributed by atoms with Gasteiger partial charge in [-0.3, -0.25) is 14.2 Å². The van der Waals surface area contributed by atoms with E-state index in [-0.39, 0.29) is 23.4 Å². The standard InChI is InChI=1S/C19H22N6O3/c1-10(2)9-24-15-7-13(11-3-6-14(20)21-8-11)23-25(15)19(28)16(18(24)27)17(26)22-12-4-5-12/h3,6-8,10,12,27H,4-5,9H2,1-2H3,(H2,20,21)(H,22,26). The first-order valence-electron chi connectivity index (χ1n) is 9.23. The number of nitrogens with two attached hydrogens (primary N) is 1. The molecule has 146 valence electrons. The fraction of sp³-hybridized carbons (Fsp3) is 0.368. The topological polar surface area (TPSA) is 128 Å². The lowest BCUT2D eigenvalue weighted by molar-refractivity contribution is 0.0944. The summed E-state index contributed by atoms with van der Waals surface area (Å²) in [6.45, 7) is 4.39. The van der Waals surface area contributed by atoms with E-state index in [4.69, 9.17) is 5.73 Å². The van der Waals surface area contributed by atoms with Crippen LogP contribution in [0.4, 0.5) is 5.82 Å². The van der Waals surface area contributed by atoms with Crippen LogP contribution < -0.4 is 16.6 Å². The third-order valence-electron chi connectivity index (χ3n) is 4.62. The van der Waals surface area contributed by atoms with Gasteiger partial charge in [-0.2, -0.15) is 9.61 Å². The first kappa shape index (κ1) is 18.0. The first-order valence-corrected chi connectivity index (χ1v) is 9.23. The molecule has 9 heteroatoms. The molecule has 0 aliphatic heterocycles. The first-order chi connectivity index (χ1) is 13.3.